The van der Waals surface area contributed by atoms with Gasteiger partial charge < -0.3 is 11.1 Å². The number of azo groups is 1. The third kappa shape index (κ3) is 3.81. The molecular formula is C17H16N6O2. The Morgan fingerprint density at radius 1 is 1.08 bits per heavy atom. The van der Waals surface area contributed by atoms with Gasteiger partial charge in [-0.25, -0.2) is 0 Å². The molecule has 0 atom stereocenters. The quantitative estimate of drug-likeness (QED) is 0.431. The topological polar surface area (TPSA) is 128 Å². The Morgan fingerprint density at radius 2 is 1.84 bits per heavy atom. The standard InChI is InChI=1S/C17H16N6O2/c1-10(24)19-13-3-2-4-14(9-13)20-22-16-15(21-23-17(16)25)11-5-7-12(18)8-6-11/h2-9H,18H2,1H3,(H,19,24)(H2,21,23,25). The third-order valence-electron chi connectivity index (χ3n) is 3.38. The molecule has 0 fully saturated rings. The molecule has 8 nitrogen and oxygen atoms in total. The number of nitrogens with one attached hydrogen (secondary N) is 3. The van der Waals surface area contributed by atoms with Crippen LogP contribution in [-0.2, 0) is 4.79 Å². The van der Waals surface area contributed by atoms with Crippen molar-refractivity contribution in [1.29, 1.82) is 0 Å². The van der Waals surface area contributed by atoms with Crippen molar-refractivity contribution in [2.75, 3.05) is 11.1 Å². The van der Waals surface area contributed by atoms with E-state index in [0.717, 1.165) is 5.56 Å². The van der Waals surface area contributed by atoms with Gasteiger partial charge in [-0.3, -0.25) is 19.8 Å². The molecule has 1 aromatic heterocycles. The van der Waals surface area contributed by atoms with E-state index in [2.05, 4.69) is 25.7 Å². The lowest BCUT2D eigenvalue weighted by molar-refractivity contribution is -0.114. The second-order valence-corrected chi connectivity index (χ2v) is 5.36. The summed E-state index contributed by atoms with van der Waals surface area (Å²) >= 11 is 0. The lowest BCUT2D eigenvalue weighted by Crippen LogP contribution is -2.05. The van der Waals surface area contributed by atoms with E-state index in [1.54, 1.807) is 48.5 Å². The largest absolute Gasteiger partial charge is 0.399 e. The van der Waals surface area contributed by atoms with Crippen LogP contribution in [0.5, 0.6) is 0 Å². The summed E-state index contributed by atoms with van der Waals surface area (Å²) in [5.41, 5.74) is 8.47. The van der Waals surface area contributed by atoms with Crippen LogP contribution in [0.1, 0.15) is 6.92 Å². The fourth-order valence-corrected chi connectivity index (χ4v) is 2.26. The first-order valence-electron chi connectivity index (χ1n) is 7.49. The van der Waals surface area contributed by atoms with Crippen molar-refractivity contribution in [3.63, 3.8) is 0 Å². The van der Waals surface area contributed by atoms with E-state index in [9.17, 15) is 9.59 Å². The number of H-pyrrole nitrogens is 2. The normalized spacial score (nSPS) is 10.9. The summed E-state index contributed by atoms with van der Waals surface area (Å²) in [6, 6.07) is 13.9. The van der Waals surface area contributed by atoms with E-state index in [4.69, 9.17) is 5.73 Å². The number of amides is 1. The molecule has 0 aliphatic carbocycles. The molecule has 1 amide bonds. The summed E-state index contributed by atoms with van der Waals surface area (Å²) < 4.78 is 0. The molecule has 3 aromatic rings. The number of aromatic amines is 2. The van der Waals surface area contributed by atoms with Crippen LogP contribution < -0.4 is 16.6 Å². The first-order chi connectivity index (χ1) is 12.0. The van der Waals surface area contributed by atoms with Gasteiger partial charge in [0.2, 0.25) is 5.91 Å². The first kappa shape index (κ1) is 16.2. The molecule has 0 unspecified atom stereocenters. The first-order valence-corrected chi connectivity index (χ1v) is 7.49. The Morgan fingerprint density at radius 3 is 2.56 bits per heavy atom. The van der Waals surface area contributed by atoms with Crippen molar-refractivity contribution in [1.82, 2.24) is 10.2 Å². The van der Waals surface area contributed by atoms with Crippen LogP contribution in [0.2, 0.25) is 0 Å². The maximum absolute atomic E-state index is 12.0. The molecular weight excluding hydrogens is 320 g/mol. The average Bonchev–Trinajstić information content (AvgIpc) is 2.94. The predicted octanol–water partition coefficient (Wildman–Crippen LogP) is 3.33. The van der Waals surface area contributed by atoms with E-state index < -0.39 is 0 Å². The van der Waals surface area contributed by atoms with Gasteiger partial charge in [0.25, 0.3) is 5.56 Å². The summed E-state index contributed by atoms with van der Waals surface area (Å²) in [6.45, 7) is 1.42. The highest BCUT2D eigenvalue weighted by molar-refractivity contribution is 5.89. The van der Waals surface area contributed by atoms with Gasteiger partial charge in [0.1, 0.15) is 0 Å². The highest BCUT2D eigenvalue weighted by Gasteiger charge is 2.11. The number of aromatic nitrogens is 2. The SMILES string of the molecule is CC(=O)Nc1cccc(N=Nc2c(-c3ccc(N)cc3)[nH][nH]c2=O)c1. The van der Waals surface area contributed by atoms with Crippen LogP contribution in [0, 0.1) is 0 Å². The third-order valence-corrected chi connectivity index (χ3v) is 3.38. The molecule has 2 aromatic carbocycles. The molecule has 0 spiro atoms. The predicted molar refractivity (Wildman–Crippen MR) is 96.2 cm³/mol. The van der Waals surface area contributed by atoms with Crippen LogP contribution >= 0.6 is 0 Å². The Kier molecular flexibility index (Phi) is 4.42. The van der Waals surface area contributed by atoms with Gasteiger partial charge in [0.15, 0.2) is 5.69 Å². The van der Waals surface area contributed by atoms with Gasteiger partial charge in [-0.05, 0) is 30.3 Å². The van der Waals surface area contributed by atoms with Gasteiger partial charge in [0, 0.05) is 23.9 Å². The number of nitrogens with zero attached hydrogens (tertiary/aromatic N) is 2. The monoisotopic (exact) mass is 336 g/mol. The fraction of sp³-hybridized carbons (Fsp3) is 0.0588. The van der Waals surface area contributed by atoms with E-state index in [0.29, 0.717) is 22.8 Å². The fourth-order valence-electron chi connectivity index (χ4n) is 2.26. The zero-order valence-electron chi connectivity index (χ0n) is 13.4. The number of hydrogen-bond donors (Lipinski definition) is 4. The van der Waals surface area contributed by atoms with Crippen molar-refractivity contribution in [2.24, 2.45) is 10.2 Å². The van der Waals surface area contributed by atoms with E-state index in [-0.39, 0.29) is 17.2 Å². The zero-order valence-corrected chi connectivity index (χ0v) is 13.4. The minimum atomic E-state index is -0.381. The smallest absolute Gasteiger partial charge is 0.292 e. The number of anilines is 2. The lowest BCUT2D eigenvalue weighted by Gasteiger charge is -2.02. The number of rotatable bonds is 4. The van der Waals surface area contributed by atoms with Gasteiger partial charge in [-0.2, -0.15) is 5.11 Å². The summed E-state index contributed by atoms with van der Waals surface area (Å²) in [6.07, 6.45) is 0. The summed E-state index contributed by atoms with van der Waals surface area (Å²) in [5.74, 6) is -0.179. The van der Waals surface area contributed by atoms with Crippen LogP contribution in [0.15, 0.2) is 63.6 Å². The van der Waals surface area contributed by atoms with Crippen molar-refractivity contribution in [2.45, 2.75) is 6.92 Å². The summed E-state index contributed by atoms with van der Waals surface area (Å²) in [5, 5.41) is 16.1. The van der Waals surface area contributed by atoms with Crippen LogP contribution in [0.3, 0.4) is 0 Å². The van der Waals surface area contributed by atoms with Gasteiger partial charge >= 0.3 is 0 Å². The average molecular weight is 336 g/mol. The molecule has 0 bridgehead atoms. The molecule has 8 heteroatoms. The second kappa shape index (κ2) is 6.83. The van der Waals surface area contributed by atoms with Crippen LogP contribution in [0.4, 0.5) is 22.7 Å². The molecule has 3 rings (SSSR count). The maximum Gasteiger partial charge on any atom is 0.292 e. The molecule has 1 heterocycles. The molecule has 25 heavy (non-hydrogen) atoms. The number of nitrogen functional groups attached to an aromatic ring is 1. The van der Waals surface area contributed by atoms with Crippen molar-refractivity contribution < 1.29 is 4.79 Å². The lowest BCUT2D eigenvalue weighted by atomic mass is 10.1. The molecule has 0 aliphatic heterocycles. The second-order valence-electron chi connectivity index (χ2n) is 5.36. The van der Waals surface area contributed by atoms with Gasteiger partial charge in [0.05, 0.1) is 11.4 Å². The number of hydrogen-bond acceptors (Lipinski definition) is 5. The zero-order chi connectivity index (χ0) is 17.8. The molecule has 0 radical (unpaired) electrons. The minimum Gasteiger partial charge on any atom is -0.399 e. The van der Waals surface area contributed by atoms with Crippen LogP contribution in [-0.4, -0.2) is 16.1 Å². The van der Waals surface area contributed by atoms with Crippen LogP contribution in [0.25, 0.3) is 11.3 Å². The number of nitrogens with two attached hydrogens (primary N) is 1. The van der Waals surface area contributed by atoms with E-state index in [1.165, 1.54) is 6.92 Å². The Bertz CT molecular complexity index is 985. The Labute approximate surface area is 142 Å². The van der Waals surface area contributed by atoms with Crippen molar-refractivity contribution in [3.8, 4) is 11.3 Å². The van der Waals surface area contributed by atoms with Gasteiger partial charge in [-0.15, -0.1) is 5.11 Å². The minimum absolute atomic E-state index is 0.162. The Hall–Kier alpha value is -3.68. The summed E-state index contributed by atoms with van der Waals surface area (Å²) in [7, 11) is 0. The molecule has 5 N–H and O–H groups in total. The highest BCUT2D eigenvalue weighted by Crippen LogP contribution is 2.27. The van der Waals surface area contributed by atoms with Gasteiger partial charge in [-0.1, -0.05) is 18.2 Å². The number of benzene rings is 2. The molecule has 0 saturated heterocycles. The molecule has 126 valence electrons. The summed E-state index contributed by atoms with van der Waals surface area (Å²) in [4.78, 5) is 23.1. The van der Waals surface area contributed by atoms with Crippen molar-refractivity contribution >= 4 is 28.7 Å². The molecule has 0 saturated carbocycles. The van der Waals surface area contributed by atoms with Crippen molar-refractivity contribution in [3.05, 3.63) is 58.9 Å². The van der Waals surface area contributed by atoms with E-state index in [1.807, 2.05) is 0 Å². The number of carbonyl (C=O) groups excluding carboxylic acids is 1. The molecule has 0 aliphatic rings. The Balaban J connectivity index is 1.92. The highest BCUT2D eigenvalue weighted by atomic mass is 16.1. The maximum atomic E-state index is 12.0. The van der Waals surface area contributed by atoms with E-state index >= 15 is 0 Å². The number of carbonyl (C=O) groups is 1.